The van der Waals surface area contributed by atoms with Gasteiger partial charge in [0, 0.05) is 33.1 Å². The number of benzene rings is 2. The summed E-state index contributed by atoms with van der Waals surface area (Å²) in [5.41, 5.74) is 2.52. The van der Waals surface area contributed by atoms with Crippen LogP contribution in [-0.4, -0.2) is 25.5 Å². The van der Waals surface area contributed by atoms with Crippen LogP contribution >= 0.6 is 0 Å². The Labute approximate surface area is 153 Å². The number of hydrogen-bond acceptors (Lipinski definition) is 2. The lowest BCUT2D eigenvalue weighted by Gasteiger charge is -2.12. The number of hydrogen-bond donors (Lipinski definition) is 3. The number of rotatable bonds is 7. The molecule has 0 spiro atoms. The maximum absolute atomic E-state index is 13.6. The van der Waals surface area contributed by atoms with E-state index in [-0.39, 0.29) is 11.7 Å². The Balaban J connectivity index is 1.68. The van der Waals surface area contributed by atoms with Gasteiger partial charge in [0.2, 0.25) is 5.91 Å². The summed E-state index contributed by atoms with van der Waals surface area (Å²) in [5, 5.41) is 9.06. The van der Waals surface area contributed by atoms with E-state index in [4.69, 9.17) is 0 Å². The van der Waals surface area contributed by atoms with Crippen molar-refractivity contribution in [2.45, 2.75) is 26.4 Å². The Morgan fingerprint density at radius 3 is 2.42 bits per heavy atom. The summed E-state index contributed by atoms with van der Waals surface area (Å²) < 4.78 is 13.6. The molecule has 0 saturated carbocycles. The Hall–Kier alpha value is -2.89. The molecule has 0 fully saturated rings. The third kappa shape index (κ3) is 6.55. The van der Waals surface area contributed by atoms with Crippen molar-refractivity contribution in [1.29, 1.82) is 0 Å². The SMILES string of the molecule is CN=C(NCCC(=O)NCc1ccccc1)NCc1ccc(C)c(F)c1. The van der Waals surface area contributed by atoms with Gasteiger partial charge in [0.25, 0.3) is 0 Å². The van der Waals surface area contributed by atoms with Crippen molar-refractivity contribution < 1.29 is 9.18 Å². The summed E-state index contributed by atoms with van der Waals surface area (Å²) in [6.45, 7) is 3.17. The van der Waals surface area contributed by atoms with E-state index in [1.165, 1.54) is 6.07 Å². The molecule has 0 aromatic heterocycles. The third-order valence-electron chi connectivity index (χ3n) is 3.90. The first-order chi connectivity index (χ1) is 12.6. The van der Waals surface area contributed by atoms with Gasteiger partial charge in [-0.1, -0.05) is 42.5 Å². The summed E-state index contributed by atoms with van der Waals surface area (Å²) >= 11 is 0. The standard InChI is InChI=1S/C20H25FN4O/c1-15-8-9-17(12-18(15)21)14-25-20(22-2)23-11-10-19(26)24-13-16-6-4-3-5-7-16/h3-9,12H,10-11,13-14H2,1-2H3,(H,24,26)(H2,22,23,25). The van der Waals surface area contributed by atoms with Gasteiger partial charge >= 0.3 is 0 Å². The number of aryl methyl sites for hydroxylation is 1. The second kappa shape index (κ2) is 10.2. The topological polar surface area (TPSA) is 65.5 Å². The molecule has 5 nitrogen and oxygen atoms in total. The molecular formula is C20H25FN4O. The van der Waals surface area contributed by atoms with Gasteiger partial charge in [0.05, 0.1) is 0 Å². The zero-order valence-corrected chi connectivity index (χ0v) is 15.2. The van der Waals surface area contributed by atoms with Crippen molar-refractivity contribution in [3.8, 4) is 0 Å². The van der Waals surface area contributed by atoms with Gasteiger partial charge in [-0.15, -0.1) is 0 Å². The molecule has 2 aromatic rings. The van der Waals surface area contributed by atoms with E-state index in [0.717, 1.165) is 11.1 Å². The Morgan fingerprint density at radius 2 is 1.73 bits per heavy atom. The summed E-state index contributed by atoms with van der Waals surface area (Å²) in [4.78, 5) is 16.0. The molecular weight excluding hydrogens is 331 g/mol. The van der Waals surface area contributed by atoms with Crippen molar-refractivity contribution in [2.75, 3.05) is 13.6 Å². The summed E-state index contributed by atoms with van der Waals surface area (Å²) in [6.07, 6.45) is 0.340. The van der Waals surface area contributed by atoms with Crippen molar-refractivity contribution in [1.82, 2.24) is 16.0 Å². The lowest BCUT2D eigenvalue weighted by Crippen LogP contribution is -2.38. The fourth-order valence-electron chi connectivity index (χ4n) is 2.33. The average Bonchev–Trinajstić information content (AvgIpc) is 2.66. The largest absolute Gasteiger partial charge is 0.356 e. The Kier molecular flexibility index (Phi) is 7.61. The fraction of sp³-hybridized carbons (Fsp3) is 0.300. The lowest BCUT2D eigenvalue weighted by atomic mass is 10.1. The number of carbonyl (C=O) groups excluding carboxylic acids is 1. The Bertz CT molecular complexity index is 747. The zero-order chi connectivity index (χ0) is 18.8. The van der Waals surface area contributed by atoms with Gasteiger partial charge in [-0.3, -0.25) is 9.79 Å². The first-order valence-corrected chi connectivity index (χ1v) is 8.58. The number of guanidine groups is 1. The molecule has 0 aliphatic rings. The van der Waals surface area contributed by atoms with Gasteiger partial charge in [-0.2, -0.15) is 0 Å². The molecule has 0 unspecified atom stereocenters. The molecule has 0 saturated heterocycles. The van der Waals surface area contributed by atoms with Crippen LogP contribution in [0.25, 0.3) is 0 Å². The van der Waals surface area contributed by atoms with Gasteiger partial charge in [-0.25, -0.2) is 4.39 Å². The van der Waals surface area contributed by atoms with E-state index in [9.17, 15) is 9.18 Å². The number of carbonyl (C=O) groups is 1. The summed E-state index contributed by atoms with van der Waals surface area (Å²) in [7, 11) is 1.65. The first kappa shape index (κ1) is 19.4. The molecule has 0 aliphatic heterocycles. The number of halogens is 1. The molecule has 0 bridgehead atoms. The van der Waals surface area contributed by atoms with Crippen LogP contribution in [0.1, 0.15) is 23.1 Å². The summed E-state index contributed by atoms with van der Waals surface area (Å²) in [5.74, 6) is 0.321. The second-order valence-electron chi connectivity index (χ2n) is 5.95. The van der Waals surface area contributed by atoms with Crippen molar-refractivity contribution in [3.63, 3.8) is 0 Å². The smallest absolute Gasteiger partial charge is 0.222 e. The van der Waals surface area contributed by atoms with Crippen LogP contribution in [0.15, 0.2) is 53.5 Å². The predicted octanol–water partition coefficient (Wildman–Crippen LogP) is 2.51. The molecule has 1 amide bonds. The van der Waals surface area contributed by atoms with Crippen LogP contribution in [0.2, 0.25) is 0 Å². The predicted molar refractivity (Wildman–Crippen MR) is 102 cm³/mol. The van der Waals surface area contributed by atoms with Gasteiger partial charge < -0.3 is 16.0 Å². The van der Waals surface area contributed by atoms with Crippen molar-refractivity contribution in [2.24, 2.45) is 4.99 Å². The highest BCUT2D eigenvalue weighted by atomic mass is 19.1. The average molecular weight is 356 g/mol. The molecule has 3 N–H and O–H groups in total. The molecule has 26 heavy (non-hydrogen) atoms. The fourth-order valence-corrected chi connectivity index (χ4v) is 2.33. The number of aliphatic imine (C=N–C) groups is 1. The van der Waals surface area contributed by atoms with Gasteiger partial charge in [0.1, 0.15) is 5.82 Å². The third-order valence-corrected chi connectivity index (χ3v) is 3.90. The van der Waals surface area contributed by atoms with Crippen LogP contribution in [-0.2, 0) is 17.9 Å². The number of nitrogens with one attached hydrogen (secondary N) is 3. The zero-order valence-electron chi connectivity index (χ0n) is 15.2. The monoisotopic (exact) mass is 356 g/mol. The van der Waals surface area contributed by atoms with Crippen LogP contribution < -0.4 is 16.0 Å². The van der Waals surface area contributed by atoms with Crippen LogP contribution in [0, 0.1) is 12.7 Å². The van der Waals surface area contributed by atoms with E-state index >= 15 is 0 Å². The first-order valence-electron chi connectivity index (χ1n) is 8.58. The second-order valence-corrected chi connectivity index (χ2v) is 5.95. The van der Waals surface area contributed by atoms with Crippen LogP contribution in [0.5, 0.6) is 0 Å². The van der Waals surface area contributed by atoms with Gasteiger partial charge in [0.15, 0.2) is 5.96 Å². The van der Waals surface area contributed by atoms with E-state index in [2.05, 4.69) is 20.9 Å². The normalized spacial score (nSPS) is 11.1. The van der Waals surface area contributed by atoms with E-state index < -0.39 is 0 Å². The lowest BCUT2D eigenvalue weighted by molar-refractivity contribution is -0.121. The van der Waals surface area contributed by atoms with Crippen molar-refractivity contribution in [3.05, 3.63) is 71.0 Å². The molecule has 0 heterocycles. The number of amides is 1. The molecule has 2 rings (SSSR count). The highest BCUT2D eigenvalue weighted by molar-refractivity contribution is 5.81. The minimum atomic E-state index is -0.220. The maximum atomic E-state index is 13.6. The maximum Gasteiger partial charge on any atom is 0.222 e. The van der Waals surface area contributed by atoms with Crippen LogP contribution in [0.3, 0.4) is 0 Å². The number of nitrogens with zero attached hydrogens (tertiary/aromatic N) is 1. The highest BCUT2D eigenvalue weighted by Crippen LogP contribution is 2.08. The minimum absolute atomic E-state index is 0.0302. The summed E-state index contributed by atoms with van der Waals surface area (Å²) in [6, 6.07) is 14.9. The van der Waals surface area contributed by atoms with Crippen molar-refractivity contribution >= 4 is 11.9 Å². The van der Waals surface area contributed by atoms with E-state index in [0.29, 0.717) is 37.6 Å². The van der Waals surface area contributed by atoms with E-state index in [1.807, 2.05) is 36.4 Å². The minimum Gasteiger partial charge on any atom is -0.356 e. The van der Waals surface area contributed by atoms with Gasteiger partial charge in [-0.05, 0) is 29.7 Å². The van der Waals surface area contributed by atoms with E-state index in [1.54, 1.807) is 20.0 Å². The molecule has 0 radical (unpaired) electrons. The quantitative estimate of drug-likeness (QED) is 0.528. The molecule has 2 aromatic carbocycles. The van der Waals surface area contributed by atoms with Crippen LogP contribution in [0.4, 0.5) is 4.39 Å². The molecule has 0 atom stereocenters. The molecule has 138 valence electrons. The highest BCUT2D eigenvalue weighted by Gasteiger charge is 2.04. The molecule has 6 heteroatoms. The Morgan fingerprint density at radius 1 is 1.00 bits per heavy atom. The molecule has 0 aliphatic carbocycles.